The third-order valence-corrected chi connectivity index (χ3v) is 5.16. The van der Waals surface area contributed by atoms with Crippen LogP contribution in [0.4, 0.5) is 0 Å². The van der Waals surface area contributed by atoms with Gasteiger partial charge in [-0.05, 0) is 18.8 Å². The van der Waals surface area contributed by atoms with E-state index < -0.39 is 0 Å². The molecule has 1 aliphatic rings. The molecule has 0 spiro atoms. The second-order valence-electron chi connectivity index (χ2n) is 5.95. The van der Waals surface area contributed by atoms with Gasteiger partial charge in [-0.25, -0.2) is 4.98 Å². The topological polar surface area (TPSA) is 42.0 Å². The van der Waals surface area contributed by atoms with Crippen molar-refractivity contribution < 1.29 is 4.79 Å². The van der Waals surface area contributed by atoms with Gasteiger partial charge in [0.2, 0.25) is 5.91 Å². The Hall–Kier alpha value is -1.68. The zero-order chi connectivity index (χ0) is 15.2. The standard InChI is InChI=1S/C18H22N2OS/c21-17(19-12-14-6-4-5-7-14)10-11-18-20-16(13-22-18)15-8-2-1-3-9-15/h1-3,8-9,13-14H,4-7,10-12H2,(H,19,21). The number of carbonyl (C=O) groups is 1. The normalized spacial score (nSPS) is 15.1. The molecule has 116 valence electrons. The first kappa shape index (κ1) is 15.2. The van der Waals surface area contributed by atoms with Gasteiger partial charge in [-0.15, -0.1) is 11.3 Å². The number of nitrogens with zero attached hydrogens (tertiary/aromatic N) is 1. The molecular weight excluding hydrogens is 292 g/mol. The Bertz CT molecular complexity index is 603. The van der Waals surface area contributed by atoms with Gasteiger partial charge in [0.1, 0.15) is 0 Å². The molecule has 1 heterocycles. The monoisotopic (exact) mass is 314 g/mol. The summed E-state index contributed by atoms with van der Waals surface area (Å²) in [4.78, 5) is 16.5. The maximum Gasteiger partial charge on any atom is 0.220 e. The fourth-order valence-corrected chi connectivity index (χ4v) is 3.76. The van der Waals surface area contributed by atoms with E-state index in [1.807, 2.05) is 18.2 Å². The fourth-order valence-electron chi connectivity index (χ4n) is 2.95. The van der Waals surface area contributed by atoms with Crippen LogP contribution in [0.3, 0.4) is 0 Å². The second-order valence-corrected chi connectivity index (χ2v) is 6.89. The van der Waals surface area contributed by atoms with Crippen LogP contribution in [-0.4, -0.2) is 17.4 Å². The number of amides is 1. The van der Waals surface area contributed by atoms with Crippen molar-refractivity contribution in [2.24, 2.45) is 5.92 Å². The number of hydrogen-bond acceptors (Lipinski definition) is 3. The van der Waals surface area contributed by atoms with Crippen molar-refractivity contribution in [3.63, 3.8) is 0 Å². The van der Waals surface area contributed by atoms with Crippen LogP contribution in [-0.2, 0) is 11.2 Å². The SMILES string of the molecule is O=C(CCc1nc(-c2ccccc2)cs1)NCC1CCCC1. The van der Waals surface area contributed by atoms with E-state index in [2.05, 4.69) is 27.8 Å². The van der Waals surface area contributed by atoms with E-state index in [1.54, 1.807) is 11.3 Å². The molecule has 22 heavy (non-hydrogen) atoms. The molecule has 1 amide bonds. The van der Waals surface area contributed by atoms with Gasteiger partial charge in [-0.3, -0.25) is 4.79 Å². The Labute approximate surface area is 135 Å². The minimum Gasteiger partial charge on any atom is -0.356 e. The van der Waals surface area contributed by atoms with E-state index >= 15 is 0 Å². The van der Waals surface area contributed by atoms with Crippen molar-refractivity contribution in [2.45, 2.75) is 38.5 Å². The van der Waals surface area contributed by atoms with E-state index in [9.17, 15) is 4.79 Å². The summed E-state index contributed by atoms with van der Waals surface area (Å²) in [6, 6.07) is 10.2. The predicted octanol–water partition coefficient (Wildman–Crippen LogP) is 4.05. The van der Waals surface area contributed by atoms with Crippen molar-refractivity contribution in [3.05, 3.63) is 40.7 Å². The summed E-state index contributed by atoms with van der Waals surface area (Å²) in [6.45, 7) is 0.853. The first-order valence-electron chi connectivity index (χ1n) is 8.08. The number of hydrogen-bond donors (Lipinski definition) is 1. The van der Waals surface area contributed by atoms with Crippen LogP contribution in [0.15, 0.2) is 35.7 Å². The van der Waals surface area contributed by atoms with Crippen LogP contribution >= 0.6 is 11.3 Å². The van der Waals surface area contributed by atoms with E-state index in [-0.39, 0.29) is 5.91 Å². The highest BCUT2D eigenvalue weighted by molar-refractivity contribution is 7.09. The zero-order valence-corrected chi connectivity index (χ0v) is 13.6. The molecule has 1 aromatic heterocycles. The molecule has 1 aliphatic carbocycles. The fraction of sp³-hybridized carbons (Fsp3) is 0.444. The van der Waals surface area contributed by atoms with Crippen molar-refractivity contribution in [2.75, 3.05) is 6.54 Å². The minimum absolute atomic E-state index is 0.156. The highest BCUT2D eigenvalue weighted by atomic mass is 32.1. The average Bonchev–Trinajstić information content (AvgIpc) is 3.23. The number of benzene rings is 1. The third kappa shape index (κ3) is 4.17. The molecule has 3 nitrogen and oxygen atoms in total. The summed E-state index contributed by atoms with van der Waals surface area (Å²) in [5.41, 5.74) is 2.14. The van der Waals surface area contributed by atoms with Crippen molar-refractivity contribution in [1.29, 1.82) is 0 Å². The maximum absolute atomic E-state index is 11.9. The molecular formula is C18H22N2OS. The summed E-state index contributed by atoms with van der Waals surface area (Å²) in [5, 5.41) is 6.18. The third-order valence-electron chi connectivity index (χ3n) is 4.25. The Kier molecular flexibility index (Phi) is 5.22. The van der Waals surface area contributed by atoms with Crippen LogP contribution in [0.5, 0.6) is 0 Å². The number of rotatable bonds is 6. The Balaban J connectivity index is 1.45. The number of aryl methyl sites for hydroxylation is 1. The van der Waals surface area contributed by atoms with Crippen LogP contribution in [0, 0.1) is 5.92 Å². The van der Waals surface area contributed by atoms with Gasteiger partial charge in [0.05, 0.1) is 10.7 Å². The molecule has 4 heteroatoms. The molecule has 1 N–H and O–H groups in total. The van der Waals surface area contributed by atoms with Gasteiger partial charge >= 0.3 is 0 Å². The summed E-state index contributed by atoms with van der Waals surface area (Å²) in [5.74, 6) is 0.858. The Morgan fingerprint density at radius 1 is 1.23 bits per heavy atom. The van der Waals surface area contributed by atoms with Gasteiger partial charge in [0.15, 0.2) is 0 Å². The van der Waals surface area contributed by atoms with E-state index in [4.69, 9.17) is 0 Å². The van der Waals surface area contributed by atoms with Gasteiger partial charge in [-0.1, -0.05) is 43.2 Å². The number of nitrogens with one attached hydrogen (secondary N) is 1. The summed E-state index contributed by atoms with van der Waals surface area (Å²) in [6.07, 6.45) is 6.45. The van der Waals surface area contributed by atoms with E-state index in [0.717, 1.165) is 29.2 Å². The smallest absolute Gasteiger partial charge is 0.220 e. The largest absolute Gasteiger partial charge is 0.356 e. The molecule has 0 radical (unpaired) electrons. The van der Waals surface area contributed by atoms with E-state index in [0.29, 0.717) is 12.3 Å². The predicted molar refractivity (Wildman–Crippen MR) is 90.8 cm³/mol. The first-order chi connectivity index (χ1) is 10.8. The van der Waals surface area contributed by atoms with Gasteiger partial charge in [-0.2, -0.15) is 0 Å². The highest BCUT2D eigenvalue weighted by Gasteiger charge is 2.15. The molecule has 0 atom stereocenters. The lowest BCUT2D eigenvalue weighted by molar-refractivity contribution is -0.121. The molecule has 1 fully saturated rings. The van der Waals surface area contributed by atoms with Crippen molar-refractivity contribution in [1.82, 2.24) is 10.3 Å². The second kappa shape index (κ2) is 7.54. The average molecular weight is 314 g/mol. The molecule has 3 rings (SSSR count). The van der Waals surface area contributed by atoms with Crippen LogP contribution in [0.2, 0.25) is 0 Å². The number of thiazole rings is 1. The lowest BCUT2D eigenvalue weighted by atomic mass is 10.1. The summed E-state index contributed by atoms with van der Waals surface area (Å²) >= 11 is 1.64. The Morgan fingerprint density at radius 2 is 2.00 bits per heavy atom. The van der Waals surface area contributed by atoms with Crippen LogP contribution < -0.4 is 5.32 Å². The molecule has 0 unspecified atom stereocenters. The van der Waals surface area contributed by atoms with Gasteiger partial charge in [0, 0.05) is 30.3 Å². The highest BCUT2D eigenvalue weighted by Crippen LogP contribution is 2.24. The quantitative estimate of drug-likeness (QED) is 0.874. The van der Waals surface area contributed by atoms with Crippen LogP contribution in [0.1, 0.15) is 37.1 Å². The lowest BCUT2D eigenvalue weighted by Crippen LogP contribution is -2.28. The van der Waals surface area contributed by atoms with Crippen LogP contribution in [0.25, 0.3) is 11.3 Å². The molecule has 1 saturated carbocycles. The van der Waals surface area contributed by atoms with E-state index in [1.165, 1.54) is 25.7 Å². The first-order valence-corrected chi connectivity index (χ1v) is 8.96. The lowest BCUT2D eigenvalue weighted by Gasteiger charge is -2.09. The number of aromatic nitrogens is 1. The number of carbonyl (C=O) groups excluding carboxylic acids is 1. The van der Waals surface area contributed by atoms with Gasteiger partial charge < -0.3 is 5.32 Å². The molecule has 0 bridgehead atoms. The molecule has 0 aliphatic heterocycles. The molecule has 1 aromatic carbocycles. The molecule has 0 saturated heterocycles. The minimum atomic E-state index is 0.156. The van der Waals surface area contributed by atoms with Crippen molar-refractivity contribution >= 4 is 17.2 Å². The summed E-state index contributed by atoms with van der Waals surface area (Å²) < 4.78 is 0. The molecule has 2 aromatic rings. The van der Waals surface area contributed by atoms with Gasteiger partial charge in [0.25, 0.3) is 0 Å². The maximum atomic E-state index is 11.9. The summed E-state index contributed by atoms with van der Waals surface area (Å²) in [7, 11) is 0. The Morgan fingerprint density at radius 3 is 2.77 bits per heavy atom. The van der Waals surface area contributed by atoms with Crippen molar-refractivity contribution in [3.8, 4) is 11.3 Å². The zero-order valence-electron chi connectivity index (χ0n) is 12.8.